The molecule has 0 unspecified atom stereocenters. The smallest absolute Gasteiger partial charge is 0.303 e. The molecular weight excluding hydrogens is 436 g/mol. The molecule has 0 saturated heterocycles. The van der Waals surface area contributed by atoms with Gasteiger partial charge in [-0.3, -0.25) is 9.52 Å². The maximum atomic E-state index is 12.7. The zero-order valence-corrected chi connectivity index (χ0v) is 17.9. The van der Waals surface area contributed by atoms with E-state index in [4.69, 9.17) is 16.7 Å². The monoisotopic (exact) mass is 454 g/mol. The first-order valence-electron chi connectivity index (χ1n) is 9.38. The van der Waals surface area contributed by atoms with Crippen LogP contribution in [0.3, 0.4) is 0 Å². The van der Waals surface area contributed by atoms with Gasteiger partial charge in [0, 0.05) is 11.4 Å². The molecule has 8 heteroatoms. The Bertz CT molecular complexity index is 1220. The molecule has 3 rings (SSSR count). The van der Waals surface area contributed by atoms with E-state index in [2.05, 4.69) is 10.8 Å². The van der Waals surface area contributed by atoms with Crippen LogP contribution in [0, 0.1) is 11.3 Å². The number of hydrogen-bond acceptors (Lipinski definition) is 4. The summed E-state index contributed by atoms with van der Waals surface area (Å²) in [6.07, 6.45) is 0.295. The number of halogens is 1. The Labute approximate surface area is 185 Å². The van der Waals surface area contributed by atoms with Crippen molar-refractivity contribution < 1.29 is 18.3 Å². The van der Waals surface area contributed by atoms with E-state index in [9.17, 15) is 18.5 Å². The van der Waals surface area contributed by atoms with Crippen molar-refractivity contribution in [2.45, 2.75) is 23.7 Å². The number of hydrogen-bond donors (Lipinski definition) is 2. The summed E-state index contributed by atoms with van der Waals surface area (Å²) in [6.45, 7) is 0. The number of nitriles is 1. The molecular formula is C23H19ClN2O4S. The minimum Gasteiger partial charge on any atom is -0.481 e. The Morgan fingerprint density at radius 3 is 2.32 bits per heavy atom. The molecule has 0 aromatic heterocycles. The van der Waals surface area contributed by atoms with Crippen molar-refractivity contribution in [2.75, 3.05) is 4.72 Å². The average molecular weight is 455 g/mol. The predicted octanol–water partition coefficient (Wildman–Crippen LogP) is 4.81. The van der Waals surface area contributed by atoms with Crippen LogP contribution in [0.4, 0.5) is 5.69 Å². The van der Waals surface area contributed by atoms with Crippen LogP contribution in [0.15, 0.2) is 77.7 Å². The highest BCUT2D eigenvalue weighted by Crippen LogP contribution is 2.32. The number of carbonyl (C=O) groups is 1. The summed E-state index contributed by atoms with van der Waals surface area (Å²) in [6, 6.07) is 22.1. The van der Waals surface area contributed by atoms with Gasteiger partial charge in [0.05, 0.1) is 22.6 Å². The summed E-state index contributed by atoms with van der Waals surface area (Å²) in [5.41, 5.74) is 2.38. The first kappa shape index (κ1) is 22.3. The number of anilines is 1. The molecule has 1 atom stereocenters. The van der Waals surface area contributed by atoms with Crippen molar-refractivity contribution >= 4 is 33.3 Å². The molecule has 3 aromatic carbocycles. The van der Waals surface area contributed by atoms with Gasteiger partial charge in [0.2, 0.25) is 0 Å². The van der Waals surface area contributed by atoms with Crippen LogP contribution in [-0.4, -0.2) is 19.5 Å². The normalized spacial score (nSPS) is 12.0. The third-order valence-electron chi connectivity index (χ3n) is 4.69. The molecule has 6 nitrogen and oxygen atoms in total. The molecule has 0 fully saturated rings. The highest BCUT2D eigenvalue weighted by molar-refractivity contribution is 7.92. The second kappa shape index (κ2) is 9.65. The fraction of sp³-hybridized carbons (Fsp3) is 0.130. The third kappa shape index (κ3) is 5.63. The molecule has 0 aliphatic rings. The maximum absolute atomic E-state index is 12.7. The van der Waals surface area contributed by atoms with Crippen molar-refractivity contribution in [1.29, 1.82) is 5.26 Å². The number of carboxylic acids is 1. The van der Waals surface area contributed by atoms with Gasteiger partial charge < -0.3 is 5.11 Å². The van der Waals surface area contributed by atoms with Crippen LogP contribution in [0.1, 0.15) is 29.0 Å². The van der Waals surface area contributed by atoms with Crippen molar-refractivity contribution in [3.05, 3.63) is 94.5 Å². The highest BCUT2D eigenvalue weighted by Gasteiger charge is 2.19. The molecule has 31 heavy (non-hydrogen) atoms. The standard InChI is InChI=1S/C23H19ClN2O4S/c24-22-14-18(9-12-20(22)21(15-25)17-4-2-1-3-5-17)26-31(29,30)19-10-6-16(7-11-19)8-13-23(27)28/h1-7,9-12,14,21,26H,8,13H2,(H,27,28)/t21-/m1/s1. The molecule has 0 spiro atoms. The summed E-state index contributed by atoms with van der Waals surface area (Å²) >= 11 is 6.37. The number of aryl methyl sites for hydroxylation is 1. The molecule has 0 aliphatic heterocycles. The minimum absolute atomic E-state index is 0.0259. The van der Waals surface area contributed by atoms with Gasteiger partial charge in [0.1, 0.15) is 0 Å². The maximum Gasteiger partial charge on any atom is 0.303 e. The molecule has 0 amide bonds. The molecule has 0 saturated carbocycles. The van der Waals surface area contributed by atoms with Crippen molar-refractivity contribution in [3.8, 4) is 6.07 Å². The van der Waals surface area contributed by atoms with Gasteiger partial charge in [-0.15, -0.1) is 0 Å². The Hall–Kier alpha value is -3.34. The fourth-order valence-corrected chi connectivity index (χ4v) is 4.43. The molecule has 0 aliphatic carbocycles. The summed E-state index contributed by atoms with van der Waals surface area (Å²) in [7, 11) is -3.86. The van der Waals surface area contributed by atoms with Crippen molar-refractivity contribution in [3.63, 3.8) is 0 Å². The first-order valence-corrected chi connectivity index (χ1v) is 11.2. The molecule has 0 bridgehead atoms. The second-order valence-electron chi connectivity index (χ2n) is 6.85. The van der Waals surface area contributed by atoms with Crippen LogP contribution in [-0.2, 0) is 21.2 Å². The van der Waals surface area contributed by atoms with E-state index in [0.717, 1.165) is 11.1 Å². The summed E-state index contributed by atoms with van der Waals surface area (Å²) in [4.78, 5) is 10.7. The van der Waals surface area contributed by atoms with Crippen LogP contribution in [0.2, 0.25) is 5.02 Å². The zero-order valence-electron chi connectivity index (χ0n) is 16.3. The number of sulfonamides is 1. The van der Waals surface area contributed by atoms with E-state index in [-0.39, 0.29) is 22.0 Å². The molecule has 0 radical (unpaired) electrons. The number of rotatable bonds is 8. The van der Waals surface area contributed by atoms with Gasteiger partial charge in [-0.2, -0.15) is 5.26 Å². The lowest BCUT2D eigenvalue weighted by atomic mass is 9.92. The van der Waals surface area contributed by atoms with Gasteiger partial charge in [-0.25, -0.2) is 8.42 Å². The average Bonchev–Trinajstić information content (AvgIpc) is 2.75. The van der Waals surface area contributed by atoms with Crippen molar-refractivity contribution in [2.24, 2.45) is 0 Å². The van der Waals surface area contributed by atoms with E-state index in [1.165, 1.54) is 18.2 Å². The molecule has 158 valence electrons. The van der Waals surface area contributed by atoms with E-state index in [0.29, 0.717) is 12.0 Å². The number of aliphatic carboxylic acids is 1. The first-order chi connectivity index (χ1) is 14.8. The van der Waals surface area contributed by atoms with Gasteiger partial charge in [0.25, 0.3) is 10.0 Å². The Morgan fingerprint density at radius 1 is 1.06 bits per heavy atom. The van der Waals surface area contributed by atoms with Gasteiger partial charge in [-0.05, 0) is 47.4 Å². The lowest BCUT2D eigenvalue weighted by molar-refractivity contribution is -0.136. The number of benzene rings is 3. The Morgan fingerprint density at radius 2 is 1.74 bits per heavy atom. The summed E-state index contributed by atoms with van der Waals surface area (Å²) in [5.74, 6) is -1.48. The molecule has 2 N–H and O–H groups in total. The summed E-state index contributed by atoms with van der Waals surface area (Å²) in [5, 5.41) is 18.6. The van der Waals surface area contributed by atoms with E-state index in [1.807, 2.05) is 30.3 Å². The van der Waals surface area contributed by atoms with Gasteiger partial charge in [-0.1, -0.05) is 60.1 Å². The van der Waals surface area contributed by atoms with E-state index in [1.54, 1.807) is 24.3 Å². The van der Waals surface area contributed by atoms with Crippen molar-refractivity contribution in [1.82, 2.24) is 0 Å². The van der Waals surface area contributed by atoms with E-state index < -0.39 is 21.9 Å². The molecule has 3 aromatic rings. The SMILES string of the molecule is N#C[C@H](c1ccccc1)c1ccc(NS(=O)(=O)c2ccc(CCC(=O)O)cc2)cc1Cl. The fourth-order valence-electron chi connectivity index (χ4n) is 3.09. The lowest BCUT2D eigenvalue weighted by Crippen LogP contribution is -2.13. The van der Waals surface area contributed by atoms with Crippen LogP contribution in [0.5, 0.6) is 0 Å². The van der Waals surface area contributed by atoms with Crippen LogP contribution in [0.25, 0.3) is 0 Å². The number of nitrogens with zero attached hydrogens (tertiary/aromatic N) is 1. The van der Waals surface area contributed by atoms with E-state index >= 15 is 0 Å². The topological polar surface area (TPSA) is 107 Å². The highest BCUT2D eigenvalue weighted by atomic mass is 35.5. The zero-order chi connectivity index (χ0) is 22.4. The van der Waals surface area contributed by atoms with Gasteiger partial charge in [0.15, 0.2) is 0 Å². The quantitative estimate of drug-likeness (QED) is 0.507. The largest absolute Gasteiger partial charge is 0.481 e. The number of nitrogens with one attached hydrogen (secondary N) is 1. The van der Waals surface area contributed by atoms with Gasteiger partial charge >= 0.3 is 5.97 Å². The number of carboxylic acid groups (broad SMARTS) is 1. The van der Waals surface area contributed by atoms with Crippen LogP contribution >= 0.6 is 11.6 Å². The Kier molecular flexibility index (Phi) is 6.95. The Balaban J connectivity index is 1.79. The van der Waals surface area contributed by atoms with Crippen LogP contribution < -0.4 is 4.72 Å². The predicted molar refractivity (Wildman–Crippen MR) is 119 cm³/mol. The second-order valence-corrected chi connectivity index (χ2v) is 8.94. The lowest BCUT2D eigenvalue weighted by Gasteiger charge is -2.14. The summed E-state index contributed by atoms with van der Waals surface area (Å²) < 4.78 is 27.9. The minimum atomic E-state index is -3.86. The molecule has 0 heterocycles. The third-order valence-corrected chi connectivity index (χ3v) is 6.41.